The van der Waals surface area contributed by atoms with Gasteiger partial charge in [0.05, 0.1) is 17.9 Å². The molecule has 0 aliphatic carbocycles. The molecule has 0 saturated heterocycles. The Morgan fingerprint density at radius 1 is 1.32 bits per heavy atom. The first-order valence-electron chi connectivity index (χ1n) is 6.93. The van der Waals surface area contributed by atoms with Crippen molar-refractivity contribution in [1.29, 1.82) is 5.26 Å². The van der Waals surface area contributed by atoms with Gasteiger partial charge in [0.25, 0.3) is 5.56 Å². The zero-order valence-electron chi connectivity index (χ0n) is 12.7. The second-order valence-electron chi connectivity index (χ2n) is 5.31. The molecule has 0 amide bonds. The first kappa shape index (κ1) is 14.0. The first-order valence-corrected chi connectivity index (χ1v) is 6.93. The highest BCUT2D eigenvalue weighted by molar-refractivity contribution is 5.47. The van der Waals surface area contributed by atoms with Gasteiger partial charge in [-0.1, -0.05) is 6.07 Å². The maximum atomic E-state index is 12.3. The maximum Gasteiger partial charge on any atom is 0.285 e. The van der Waals surface area contributed by atoms with E-state index >= 15 is 0 Å². The number of hydrogen-bond acceptors (Lipinski definition) is 4. The number of nitriles is 1. The molecule has 0 bridgehead atoms. The Bertz CT molecular complexity index is 975. The van der Waals surface area contributed by atoms with Crippen molar-refractivity contribution in [2.24, 2.45) is 0 Å². The van der Waals surface area contributed by atoms with Gasteiger partial charge in [0, 0.05) is 12.4 Å². The number of aromatic nitrogens is 4. The fourth-order valence-electron chi connectivity index (χ4n) is 2.44. The van der Waals surface area contributed by atoms with Crippen molar-refractivity contribution in [3.8, 4) is 6.07 Å². The van der Waals surface area contributed by atoms with E-state index in [-0.39, 0.29) is 17.7 Å². The highest BCUT2D eigenvalue weighted by atomic mass is 16.1. The molecule has 3 aromatic heterocycles. The molecule has 0 aliphatic rings. The summed E-state index contributed by atoms with van der Waals surface area (Å²) < 4.78 is 3.22. The van der Waals surface area contributed by atoms with E-state index in [0.717, 1.165) is 16.9 Å². The summed E-state index contributed by atoms with van der Waals surface area (Å²) in [5.74, 6) is 0. The quantitative estimate of drug-likeness (QED) is 0.721. The minimum Gasteiger partial charge on any atom is -0.307 e. The van der Waals surface area contributed by atoms with E-state index in [1.807, 2.05) is 41.9 Å². The van der Waals surface area contributed by atoms with E-state index in [0.29, 0.717) is 11.3 Å². The molecule has 0 N–H and O–H groups in total. The van der Waals surface area contributed by atoms with Gasteiger partial charge < -0.3 is 4.40 Å². The summed E-state index contributed by atoms with van der Waals surface area (Å²) >= 11 is 0. The Kier molecular flexibility index (Phi) is 3.26. The summed E-state index contributed by atoms with van der Waals surface area (Å²) in [5.41, 5.74) is 3.73. The first-order chi connectivity index (χ1) is 10.5. The van der Waals surface area contributed by atoms with Crippen LogP contribution in [0.15, 0.2) is 29.3 Å². The fraction of sp³-hybridized carbons (Fsp3) is 0.250. The summed E-state index contributed by atoms with van der Waals surface area (Å²) in [5, 5.41) is 13.4. The monoisotopic (exact) mass is 293 g/mol. The van der Waals surface area contributed by atoms with Crippen molar-refractivity contribution in [2.75, 3.05) is 0 Å². The van der Waals surface area contributed by atoms with E-state index in [1.165, 1.54) is 4.68 Å². The topological polar surface area (TPSA) is 76.0 Å². The van der Waals surface area contributed by atoms with Crippen molar-refractivity contribution in [2.45, 2.75) is 27.3 Å². The lowest BCUT2D eigenvalue weighted by Gasteiger charge is -2.07. The Labute approximate surface area is 127 Å². The van der Waals surface area contributed by atoms with Gasteiger partial charge in [-0.25, -0.2) is 9.67 Å². The average molecular weight is 293 g/mol. The Morgan fingerprint density at radius 2 is 2.09 bits per heavy atom. The zero-order valence-corrected chi connectivity index (χ0v) is 12.7. The second kappa shape index (κ2) is 5.11. The van der Waals surface area contributed by atoms with E-state index in [1.54, 1.807) is 13.8 Å². The lowest BCUT2D eigenvalue weighted by atomic mass is 10.1. The molecule has 0 unspecified atom stereocenters. The highest BCUT2D eigenvalue weighted by Crippen LogP contribution is 2.11. The standard InChI is InChI=1S/C16H15N5O/c1-10-5-4-6-20-8-13(18-15(10)20)9-21-16(22)14(7-17)11(2)12(3)19-21/h4-6,8H,9H2,1-3H3. The lowest BCUT2D eigenvalue weighted by Crippen LogP contribution is -2.28. The minimum absolute atomic E-state index is 0.146. The van der Waals surface area contributed by atoms with Crippen LogP contribution in [0.2, 0.25) is 0 Å². The number of rotatable bonds is 2. The third kappa shape index (κ3) is 2.17. The number of aryl methyl sites for hydroxylation is 2. The van der Waals surface area contributed by atoms with Gasteiger partial charge in [-0.3, -0.25) is 4.79 Å². The molecule has 0 aliphatic heterocycles. The van der Waals surface area contributed by atoms with Gasteiger partial charge in [0.2, 0.25) is 0 Å². The van der Waals surface area contributed by atoms with Gasteiger partial charge in [-0.05, 0) is 38.0 Å². The highest BCUT2D eigenvalue weighted by Gasteiger charge is 2.13. The Hall–Kier alpha value is -2.94. The molecular formula is C16H15N5O. The third-order valence-electron chi connectivity index (χ3n) is 3.79. The van der Waals surface area contributed by atoms with Crippen LogP contribution in [0.1, 0.15) is 28.1 Å². The minimum atomic E-state index is -0.376. The van der Waals surface area contributed by atoms with Crippen LogP contribution >= 0.6 is 0 Å². The largest absolute Gasteiger partial charge is 0.307 e. The van der Waals surface area contributed by atoms with Crippen molar-refractivity contribution in [1.82, 2.24) is 19.2 Å². The molecule has 6 heteroatoms. The molecule has 110 valence electrons. The van der Waals surface area contributed by atoms with Crippen LogP contribution < -0.4 is 5.56 Å². The number of fused-ring (bicyclic) bond motifs is 1. The summed E-state index contributed by atoms with van der Waals surface area (Å²) in [4.78, 5) is 16.8. The van der Waals surface area contributed by atoms with Crippen LogP contribution in [0.4, 0.5) is 0 Å². The van der Waals surface area contributed by atoms with Gasteiger partial charge in [-0.15, -0.1) is 0 Å². The predicted octanol–water partition coefficient (Wildman–Crippen LogP) is 1.74. The van der Waals surface area contributed by atoms with E-state index in [9.17, 15) is 4.79 Å². The van der Waals surface area contributed by atoms with Crippen molar-refractivity contribution < 1.29 is 0 Å². The van der Waals surface area contributed by atoms with E-state index in [2.05, 4.69) is 10.1 Å². The molecule has 3 aromatic rings. The van der Waals surface area contributed by atoms with Gasteiger partial charge in [0.1, 0.15) is 17.3 Å². The average Bonchev–Trinajstić information content (AvgIpc) is 2.89. The smallest absolute Gasteiger partial charge is 0.285 e. The molecular weight excluding hydrogens is 278 g/mol. The molecule has 0 radical (unpaired) electrons. The van der Waals surface area contributed by atoms with Crippen LogP contribution in [0.5, 0.6) is 0 Å². The molecule has 0 spiro atoms. The van der Waals surface area contributed by atoms with Crippen LogP contribution in [-0.4, -0.2) is 19.2 Å². The lowest BCUT2D eigenvalue weighted by molar-refractivity contribution is 0.615. The molecule has 3 heterocycles. The number of nitrogens with zero attached hydrogens (tertiary/aromatic N) is 5. The Balaban J connectivity index is 2.09. The summed E-state index contributed by atoms with van der Waals surface area (Å²) in [6, 6.07) is 5.90. The van der Waals surface area contributed by atoms with E-state index < -0.39 is 0 Å². The molecule has 6 nitrogen and oxygen atoms in total. The SMILES string of the molecule is Cc1nn(Cc2cn3cccc(C)c3n2)c(=O)c(C#N)c1C. The molecule has 0 fully saturated rings. The molecule has 0 atom stereocenters. The normalized spacial score (nSPS) is 10.8. The van der Waals surface area contributed by atoms with Crippen molar-refractivity contribution in [3.63, 3.8) is 0 Å². The van der Waals surface area contributed by atoms with Gasteiger partial charge in [0.15, 0.2) is 0 Å². The van der Waals surface area contributed by atoms with E-state index in [4.69, 9.17) is 5.26 Å². The second-order valence-corrected chi connectivity index (χ2v) is 5.31. The van der Waals surface area contributed by atoms with Gasteiger partial charge in [-0.2, -0.15) is 10.4 Å². The number of imidazole rings is 1. The third-order valence-corrected chi connectivity index (χ3v) is 3.79. The van der Waals surface area contributed by atoms with Crippen LogP contribution in [-0.2, 0) is 6.54 Å². The summed E-state index contributed by atoms with van der Waals surface area (Å²) in [6.45, 7) is 5.76. The molecule has 3 rings (SSSR count). The predicted molar refractivity (Wildman–Crippen MR) is 81.7 cm³/mol. The molecule has 0 saturated carbocycles. The fourth-order valence-corrected chi connectivity index (χ4v) is 2.44. The number of pyridine rings is 1. The number of hydrogen-bond donors (Lipinski definition) is 0. The zero-order chi connectivity index (χ0) is 15.9. The summed E-state index contributed by atoms with van der Waals surface area (Å²) in [7, 11) is 0. The molecule has 0 aromatic carbocycles. The maximum absolute atomic E-state index is 12.3. The van der Waals surface area contributed by atoms with Crippen LogP contribution in [0.25, 0.3) is 5.65 Å². The van der Waals surface area contributed by atoms with Crippen LogP contribution in [0, 0.1) is 32.1 Å². The molecule has 22 heavy (non-hydrogen) atoms. The van der Waals surface area contributed by atoms with Crippen molar-refractivity contribution >= 4 is 5.65 Å². The van der Waals surface area contributed by atoms with Crippen molar-refractivity contribution in [3.05, 3.63) is 63.0 Å². The van der Waals surface area contributed by atoms with Gasteiger partial charge >= 0.3 is 0 Å². The van der Waals surface area contributed by atoms with Crippen LogP contribution in [0.3, 0.4) is 0 Å². The Morgan fingerprint density at radius 3 is 2.77 bits per heavy atom. The summed E-state index contributed by atoms with van der Waals surface area (Å²) in [6.07, 6.45) is 3.79.